The molecular formula is C30H34O9S. The van der Waals surface area contributed by atoms with Crippen LogP contribution in [0.15, 0.2) is 91.0 Å². The van der Waals surface area contributed by atoms with Crippen molar-refractivity contribution in [2.24, 2.45) is 0 Å². The molecule has 0 aromatic heterocycles. The van der Waals surface area contributed by atoms with Crippen LogP contribution < -0.4 is 0 Å². The molecule has 214 valence electrons. The molecule has 1 aliphatic rings. The van der Waals surface area contributed by atoms with Gasteiger partial charge in [-0.3, -0.25) is 4.18 Å². The fourth-order valence-corrected chi connectivity index (χ4v) is 4.80. The molecule has 0 radical (unpaired) electrons. The van der Waals surface area contributed by atoms with Crippen molar-refractivity contribution >= 4 is 16.1 Å². The number of rotatable bonds is 13. The predicted molar refractivity (Wildman–Crippen MR) is 147 cm³/mol. The number of carbonyl (C=O) groups excluding carboxylic acids is 1. The Bertz CT molecular complexity index is 1290. The smallest absolute Gasteiger partial charge is 0.337 e. The minimum atomic E-state index is -3.81. The molecular weight excluding hydrogens is 536 g/mol. The maximum Gasteiger partial charge on any atom is 0.337 e. The van der Waals surface area contributed by atoms with E-state index in [0.717, 1.165) is 22.9 Å². The summed E-state index contributed by atoms with van der Waals surface area (Å²) in [6.45, 7) is 0.158. The Kier molecular flexibility index (Phi) is 10.8. The molecule has 3 aromatic carbocycles. The molecule has 40 heavy (non-hydrogen) atoms. The molecule has 0 N–H and O–H groups in total. The van der Waals surface area contributed by atoms with Gasteiger partial charge in [-0.1, -0.05) is 91.0 Å². The topological polar surface area (TPSA) is 107 Å². The van der Waals surface area contributed by atoms with Crippen LogP contribution in [0.3, 0.4) is 0 Å². The largest absolute Gasteiger partial charge is 0.467 e. The third-order valence-electron chi connectivity index (χ3n) is 6.37. The Morgan fingerprint density at radius 3 is 1.55 bits per heavy atom. The van der Waals surface area contributed by atoms with Gasteiger partial charge in [-0.2, -0.15) is 8.42 Å². The lowest BCUT2D eigenvalue weighted by Crippen LogP contribution is -2.63. The zero-order valence-corrected chi connectivity index (χ0v) is 23.3. The van der Waals surface area contributed by atoms with Gasteiger partial charge in [0.05, 0.1) is 39.8 Å². The van der Waals surface area contributed by atoms with Gasteiger partial charge >= 0.3 is 5.97 Å². The molecule has 10 heteroatoms. The van der Waals surface area contributed by atoms with Crippen molar-refractivity contribution in [2.45, 2.75) is 50.3 Å². The van der Waals surface area contributed by atoms with Gasteiger partial charge in [0.25, 0.3) is 10.1 Å². The van der Waals surface area contributed by atoms with Gasteiger partial charge in [0.2, 0.25) is 0 Å². The summed E-state index contributed by atoms with van der Waals surface area (Å²) in [7, 11) is -2.56. The molecule has 0 saturated carbocycles. The highest BCUT2D eigenvalue weighted by molar-refractivity contribution is 7.85. The molecule has 9 nitrogen and oxygen atoms in total. The second kappa shape index (κ2) is 14.5. The molecule has 4 rings (SSSR count). The lowest BCUT2D eigenvalue weighted by atomic mass is 9.94. The van der Waals surface area contributed by atoms with E-state index < -0.39 is 46.6 Å². The number of ether oxygens (including phenoxy) is 5. The second-order valence-electron chi connectivity index (χ2n) is 9.39. The summed E-state index contributed by atoms with van der Waals surface area (Å²) in [6.07, 6.45) is -3.90. The fourth-order valence-electron chi connectivity index (χ4n) is 4.42. The first-order chi connectivity index (χ1) is 19.3. The summed E-state index contributed by atoms with van der Waals surface area (Å²) < 4.78 is 59.1. The molecule has 0 amide bonds. The average Bonchev–Trinajstić information content (AvgIpc) is 2.97. The Morgan fingerprint density at radius 1 is 0.700 bits per heavy atom. The Hall–Kier alpha value is -3.12. The molecule has 0 aliphatic carbocycles. The van der Waals surface area contributed by atoms with Crippen LogP contribution in [-0.2, 0) is 62.6 Å². The summed E-state index contributed by atoms with van der Waals surface area (Å²) in [5.74, 6) is -0.683. The summed E-state index contributed by atoms with van der Waals surface area (Å²) in [4.78, 5) is 13.0. The molecule has 2 unspecified atom stereocenters. The standard InChI is InChI=1S/C30H34O9S/c1-34-30(31)29-28(37-20-24-16-10-5-11-17-24)27(36-19-23-14-8-4-9-15-23)26(25(39-29)21-38-40(2,32)33)35-18-22-12-6-3-7-13-22/h3-17,25-29H,18-21H2,1-2H3/t25-,26?,27-,28-,29?/m0/s1. The highest BCUT2D eigenvalue weighted by Gasteiger charge is 2.51. The van der Waals surface area contributed by atoms with Crippen LogP contribution in [0.25, 0.3) is 0 Å². The molecule has 3 aromatic rings. The van der Waals surface area contributed by atoms with E-state index in [1.165, 1.54) is 7.11 Å². The van der Waals surface area contributed by atoms with E-state index in [1.807, 2.05) is 91.0 Å². The van der Waals surface area contributed by atoms with Crippen LogP contribution in [0.2, 0.25) is 0 Å². The van der Waals surface area contributed by atoms with Gasteiger partial charge in [0, 0.05) is 0 Å². The SMILES string of the molecule is COC(=O)C1O[C@@H](COS(C)(=O)=O)C(OCc2ccccc2)[C@H](OCc2ccccc2)[C@@H]1OCc1ccccc1. The van der Waals surface area contributed by atoms with Gasteiger partial charge in [-0.25, -0.2) is 4.79 Å². The highest BCUT2D eigenvalue weighted by atomic mass is 32.2. The van der Waals surface area contributed by atoms with Crippen LogP contribution in [-0.4, -0.2) is 64.9 Å². The van der Waals surface area contributed by atoms with Crippen molar-refractivity contribution in [1.29, 1.82) is 0 Å². The lowest BCUT2D eigenvalue weighted by Gasteiger charge is -2.45. The molecule has 1 saturated heterocycles. The minimum absolute atomic E-state index is 0.170. The zero-order chi connectivity index (χ0) is 28.4. The molecule has 5 atom stereocenters. The lowest BCUT2D eigenvalue weighted by molar-refractivity contribution is -0.268. The van der Waals surface area contributed by atoms with Crippen LogP contribution in [0, 0.1) is 0 Å². The van der Waals surface area contributed by atoms with E-state index in [0.29, 0.717) is 0 Å². The predicted octanol–water partition coefficient (Wildman–Crippen LogP) is 3.66. The third kappa shape index (κ3) is 8.69. The summed E-state index contributed by atoms with van der Waals surface area (Å²) in [6, 6.07) is 28.5. The number of hydrogen-bond donors (Lipinski definition) is 0. The van der Waals surface area contributed by atoms with Crippen molar-refractivity contribution in [1.82, 2.24) is 0 Å². The first kappa shape index (κ1) is 29.9. The normalized spacial score (nSPS) is 23.0. The second-order valence-corrected chi connectivity index (χ2v) is 11.0. The summed E-state index contributed by atoms with van der Waals surface area (Å²) in [5.41, 5.74) is 2.68. The molecule has 1 fully saturated rings. The van der Waals surface area contributed by atoms with E-state index >= 15 is 0 Å². The van der Waals surface area contributed by atoms with Crippen LogP contribution in [0.5, 0.6) is 0 Å². The number of benzene rings is 3. The van der Waals surface area contributed by atoms with E-state index in [2.05, 4.69) is 0 Å². The third-order valence-corrected chi connectivity index (χ3v) is 6.93. The Balaban J connectivity index is 1.67. The van der Waals surface area contributed by atoms with E-state index in [9.17, 15) is 13.2 Å². The van der Waals surface area contributed by atoms with Gasteiger partial charge in [-0.05, 0) is 16.7 Å². The number of esters is 1. The minimum Gasteiger partial charge on any atom is -0.467 e. The van der Waals surface area contributed by atoms with Crippen molar-refractivity contribution in [3.8, 4) is 0 Å². The van der Waals surface area contributed by atoms with Crippen molar-refractivity contribution in [3.63, 3.8) is 0 Å². The average molecular weight is 571 g/mol. The number of carbonyl (C=O) groups is 1. The summed E-state index contributed by atoms with van der Waals surface area (Å²) in [5, 5.41) is 0. The van der Waals surface area contributed by atoms with E-state index in [-0.39, 0.29) is 26.4 Å². The summed E-state index contributed by atoms with van der Waals surface area (Å²) >= 11 is 0. The van der Waals surface area contributed by atoms with Crippen LogP contribution in [0.1, 0.15) is 16.7 Å². The molecule has 0 bridgehead atoms. The van der Waals surface area contributed by atoms with Gasteiger partial charge in [0.1, 0.15) is 24.4 Å². The monoisotopic (exact) mass is 570 g/mol. The highest BCUT2D eigenvalue weighted by Crippen LogP contribution is 2.31. The van der Waals surface area contributed by atoms with Crippen molar-refractivity contribution in [3.05, 3.63) is 108 Å². The van der Waals surface area contributed by atoms with Crippen LogP contribution in [0.4, 0.5) is 0 Å². The van der Waals surface area contributed by atoms with Gasteiger partial charge in [-0.15, -0.1) is 0 Å². The quantitative estimate of drug-likeness (QED) is 0.225. The Labute approximate surface area is 235 Å². The number of methoxy groups -OCH3 is 1. The molecule has 0 spiro atoms. The first-order valence-corrected chi connectivity index (χ1v) is 14.7. The maximum atomic E-state index is 13.0. The zero-order valence-electron chi connectivity index (χ0n) is 22.5. The fraction of sp³-hybridized carbons (Fsp3) is 0.367. The van der Waals surface area contributed by atoms with Crippen molar-refractivity contribution < 1.29 is 41.1 Å². The first-order valence-electron chi connectivity index (χ1n) is 12.9. The van der Waals surface area contributed by atoms with Crippen LogP contribution >= 0.6 is 0 Å². The van der Waals surface area contributed by atoms with Gasteiger partial charge in [0.15, 0.2) is 6.10 Å². The van der Waals surface area contributed by atoms with E-state index in [1.54, 1.807) is 0 Å². The van der Waals surface area contributed by atoms with E-state index in [4.69, 9.17) is 27.9 Å². The molecule has 1 aliphatic heterocycles. The number of hydrogen-bond acceptors (Lipinski definition) is 9. The molecule has 1 heterocycles. The van der Waals surface area contributed by atoms with Gasteiger partial charge < -0.3 is 23.7 Å². The Morgan fingerprint density at radius 2 is 1.12 bits per heavy atom. The maximum absolute atomic E-state index is 13.0. The van der Waals surface area contributed by atoms with Crippen molar-refractivity contribution in [2.75, 3.05) is 20.0 Å².